The van der Waals surface area contributed by atoms with Crippen LogP contribution in [0.4, 0.5) is 0 Å². The minimum atomic E-state index is -0.515. The van der Waals surface area contributed by atoms with E-state index in [1.165, 1.54) is 12.8 Å². The van der Waals surface area contributed by atoms with Crippen LogP contribution in [0.2, 0.25) is 0 Å². The van der Waals surface area contributed by atoms with Crippen molar-refractivity contribution in [3.05, 3.63) is 11.7 Å². The summed E-state index contributed by atoms with van der Waals surface area (Å²) >= 11 is 0. The molecule has 7 nitrogen and oxygen atoms in total. The fourth-order valence-corrected chi connectivity index (χ4v) is 3.11. The standard InChI is InChI=1S/C17H28N4O3/c1-16(2,3)23-14(22)7-6-13-19-15(20-24-13)17(18)8-10-21(11-9-17)12-4-5-12/h12H,4-11,18H2,1-3H3. The van der Waals surface area contributed by atoms with Crippen molar-refractivity contribution in [2.45, 2.75) is 76.5 Å². The number of carbonyl (C=O) groups excluding carboxylic acids is 1. The van der Waals surface area contributed by atoms with Gasteiger partial charge in [0.15, 0.2) is 5.82 Å². The van der Waals surface area contributed by atoms with Gasteiger partial charge in [-0.05, 0) is 46.5 Å². The summed E-state index contributed by atoms with van der Waals surface area (Å²) in [5.74, 6) is 0.755. The summed E-state index contributed by atoms with van der Waals surface area (Å²) in [5, 5.41) is 4.07. The molecule has 1 saturated heterocycles. The second-order valence-electron chi connectivity index (χ2n) is 8.02. The van der Waals surface area contributed by atoms with Gasteiger partial charge in [0.2, 0.25) is 5.89 Å². The van der Waals surface area contributed by atoms with Crippen molar-refractivity contribution < 1.29 is 14.1 Å². The predicted molar refractivity (Wildman–Crippen MR) is 88.2 cm³/mol. The number of aryl methyl sites for hydroxylation is 1. The van der Waals surface area contributed by atoms with E-state index in [9.17, 15) is 4.79 Å². The maximum Gasteiger partial charge on any atom is 0.306 e. The number of piperidine rings is 1. The third-order valence-electron chi connectivity index (χ3n) is 4.63. The van der Waals surface area contributed by atoms with Crippen LogP contribution in [0.3, 0.4) is 0 Å². The first-order valence-electron chi connectivity index (χ1n) is 8.83. The van der Waals surface area contributed by atoms with Gasteiger partial charge in [-0.1, -0.05) is 5.16 Å². The van der Waals surface area contributed by atoms with Crippen molar-refractivity contribution in [2.24, 2.45) is 5.73 Å². The van der Waals surface area contributed by atoms with Gasteiger partial charge in [0.1, 0.15) is 5.60 Å². The average molecular weight is 336 g/mol. The Hall–Kier alpha value is -1.47. The van der Waals surface area contributed by atoms with E-state index >= 15 is 0 Å². The number of ether oxygens (including phenoxy) is 1. The lowest BCUT2D eigenvalue weighted by atomic mass is 9.88. The highest BCUT2D eigenvalue weighted by Crippen LogP contribution is 2.34. The monoisotopic (exact) mass is 336 g/mol. The van der Waals surface area contributed by atoms with Crippen LogP contribution in [0.15, 0.2) is 4.52 Å². The molecule has 0 atom stereocenters. The van der Waals surface area contributed by atoms with Crippen LogP contribution < -0.4 is 5.73 Å². The largest absolute Gasteiger partial charge is 0.460 e. The molecule has 3 rings (SSSR count). The average Bonchev–Trinajstić information content (AvgIpc) is 3.22. The SMILES string of the molecule is CC(C)(C)OC(=O)CCc1nc(C2(N)CCN(C3CC3)CC2)no1. The van der Waals surface area contributed by atoms with Crippen molar-refractivity contribution in [2.75, 3.05) is 13.1 Å². The Morgan fingerprint density at radius 1 is 1.38 bits per heavy atom. The summed E-state index contributed by atoms with van der Waals surface area (Å²) in [6.45, 7) is 7.53. The first-order valence-corrected chi connectivity index (χ1v) is 8.83. The van der Waals surface area contributed by atoms with Gasteiger partial charge in [-0.15, -0.1) is 0 Å². The summed E-state index contributed by atoms with van der Waals surface area (Å²) in [6.07, 6.45) is 4.92. The van der Waals surface area contributed by atoms with Gasteiger partial charge in [0, 0.05) is 25.6 Å². The molecule has 1 aromatic heterocycles. The van der Waals surface area contributed by atoms with Crippen LogP contribution in [-0.2, 0) is 21.5 Å². The molecule has 2 fully saturated rings. The van der Waals surface area contributed by atoms with E-state index in [-0.39, 0.29) is 12.4 Å². The molecule has 0 radical (unpaired) electrons. The van der Waals surface area contributed by atoms with E-state index in [2.05, 4.69) is 15.0 Å². The third kappa shape index (κ3) is 4.33. The lowest BCUT2D eigenvalue weighted by Crippen LogP contribution is -2.49. The Morgan fingerprint density at radius 2 is 2.04 bits per heavy atom. The van der Waals surface area contributed by atoms with Crippen molar-refractivity contribution >= 4 is 5.97 Å². The molecule has 2 N–H and O–H groups in total. The molecule has 0 aromatic carbocycles. The van der Waals surface area contributed by atoms with Crippen LogP contribution in [0.1, 0.15) is 64.6 Å². The maximum absolute atomic E-state index is 11.8. The maximum atomic E-state index is 11.8. The molecule has 24 heavy (non-hydrogen) atoms. The van der Waals surface area contributed by atoms with Crippen LogP contribution in [0.5, 0.6) is 0 Å². The number of rotatable bonds is 5. The summed E-state index contributed by atoms with van der Waals surface area (Å²) in [4.78, 5) is 18.7. The van der Waals surface area contributed by atoms with E-state index in [1.54, 1.807) is 0 Å². The van der Waals surface area contributed by atoms with Crippen LogP contribution >= 0.6 is 0 Å². The minimum absolute atomic E-state index is 0.228. The highest BCUT2D eigenvalue weighted by Gasteiger charge is 2.40. The smallest absolute Gasteiger partial charge is 0.306 e. The fraction of sp³-hybridized carbons (Fsp3) is 0.824. The molecular formula is C17H28N4O3. The molecule has 0 bridgehead atoms. The number of hydrogen-bond donors (Lipinski definition) is 1. The molecule has 1 aliphatic carbocycles. The van der Waals surface area contributed by atoms with Gasteiger partial charge in [-0.2, -0.15) is 4.98 Å². The molecule has 0 unspecified atom stereocenters. The summed E-state index contributed by atoms with van der Waals surface area (Å²) in [7, 11) is 0. The zero-order chi connectivity index (χ0) is 17.4. The predicted octanol–water partition coefficient (Wildman–Crippen LogP) is 1.76. The second kappa shape index (κ2) is 6.44. The minimum Gasteiger partial charge on any atom is -0.460 e. The molecule has 0 amide bonds. The normalized spacial score (nSPS) is 21.7. The van der Waals surface area contributed by atoms with Gasteiger partial charge >= 0.3 is 5.97 Å². The molecule has 1 aliphatic heterocycles. The molecule has 2 aliphatic rings. The topological polar surface area (TPSA) is 94.5 Å². The van der Waals surface area contributed by atoms with Crippen molar-refractivity contribution in [3.63, 3.8) is 0 Å². The van der Waals surface area contributed by atoms with Crippen LogP contribution in [0.25, 0.3) is 0 Å². The molecule has 0 spiro atoms. The Bertz CT molecular complexity index is 581. The van der Waals surface area contributed by atoms with Gasteiger partial charge in [-0.3, -0.25) is 4.79 Å². The number of nitrogens with two attached hydrogens (primary N) is 1. The molecule has 1 aromatic rings. The fourth-order valence-electron chi connectivity index (χ4n) is 3.11. The first kappa shape index (κ1) is 17.4. The van der Waals surface area contributed by atoms with E-state index < -0.39 is 11.1 Å². The number of hydrogen-bond acceptors (Lipinski definition) is 7. The van der Waals surface area contributed by atoms with Gasteiger partial charge in [0.25, 0.3) is 0 Å². The number of aromatic nitrogens is 2. The first-order chi connectivity index (χ1) is 11.3. The van der Waals surface area contributed by atoms with Crippen molar-refractivity contribution in [3.8, 4) is 0 Å². The molecular weight excluding hydrogens is 308 g/mol. The quantitative estimate of drug-likeness (QED) is 0.819. The van der Waals surface area contributed by atoms with E-state index in [4.69, 9.17) is 15.0 Å². The van der Waals surface area contributed by atoms with Crippen LogP contribution in [0, 0.1) is 0 Å². The molecule has 134 valence electrons. The summed E-state index contributed by atoms with van der Waals surface area (Å²) in [6, 6.07) is 0.768. The van der Waals surface area contributed by atoms with Crippen molar-refractivity contribution in [1.29, 1.82) is 0 Å². The number of carbonyl (C=O) groups is 1. The summed E-state index contributed by atoms with van der Waals surface area (Å²) in [5.41, 5.74) is 5.52. The molecule has 7 heteroatoms. The zero-order valence-corrected chi connectivity index (χ0v) is 14.9. The van der Waals surface area contributed by atoms with Gasteiger partial charge in [-0.25, -0.2) is 0 Å². The van der Waals surface area contributed by atoms with Crippen molar-refractivity contribution in [1.82, 2.24) is 15.0 Å². The van der Waals surface area contributed by atoms with E-state index in [1.807, 2.05) is 20.8 Å². The van der Waals surface area contributed by atoms with E-state index in [0.29, 0.717) is 18.1 Å². The number of esters is 1. The van der Waals surface area contributed by atoms with E-state index in [0.717, 1.165) is 32.0 Å². The molecule has 2 heterocycles. The Kier molecular flexibility index (Phi) is 4.66. The lowest BCUT2D eigenvalue weighted by molar-refractivity contribution is -0.154. The number of likely N-dealkylation sites (tertiary alicyclic amines) is 1. The Labute approximate surface area is 142 Å². The lowest BCUT2D eigenvalue weighted by Gasteiger charge is -2.37. The molecule has 1 saturated carbocycles. The third-order valence-corrected chi connectivity index (χ3v) is 4.63. The second-order valence-corrected chi connectivity index (χ2v) is 8.02. The summed E-state index contributed by atoms with van der Waals surface area (Å²) < 4.78 is 10.6. The zero-order valence-electron chi connectivity index (χ0n) is 14.9. The highest BCUT2D eigenvalue weighted by molar-refractivity contribution is 5.70. The number of nitrogens with zero attached hydrogens (tertiary/aromatic N) is 3. The Balaban J connectivity index is 1.52. The van der Waals surface area contributed by atoms with Crippen LogP contribution in [-0.4, -0.2) is 45.7 Å². The Morgan fingerprint density at radius 3 is 2.62 bits per heavy atom. The highest BCUT2D eigenvalue weighted by atomic mass is 16.6. The van der Waals surface area contributed by atoms with Gasteiger partial charge in [0.05, 0.1) is 12.0 Å². The van der Waals surface area contributed by atoms with Gasteiger partial charge < -0.3 is 19.9 Å².